The summed E-state index contributed by atoms with van der Waals surface area (Å²) >= 11 is 2.97. The van der Waals surface area contributed by atoms with Crippen molar-refractivity contribution in [3.05, 3.63) is 28.2 Å². The van der Waals surface area contributed by atoms with Crippen molar-refractivity contribution < 1.29 is 13.9 Å². The number of pyridine rings is 1. The standard InChI is InChI=1S/C8H7BrFNO2/c1-2-13-8(12)6-5(10)3-4-11-7(6)9/h3-4H,2H2,1H3. The van der Waals surface area contributed by atoms with Crippen LogP contribution in [-0.4, -0.2) is 17.6 Å². The molecular formula is C8H7BrFNO2. The number of ether oxygens (including phenoxy) is 1. The summed E-state index contributed by atoms with van der Waals surface area (Å²) in [4.78, 5) is 14.9. The monoisotopic (exact) mass is 247 g/mol. The van der Waals surface area contributed by atoms with Gasteiger partial charge in [0.05, 0.1) is 6.61 Å². The van der Waals surface area contributed by atoms with Crippen LogP contribution in [0.25, 0.3) is 0 Å². The van der Waals surface area contributed by atoms with E-state index < -0.39 is 11.8 Å². The van der Waals surface area contributed by atoms with E-state index in [9.17, 15) is 9.18 Å². The zero-order valence-electron chi connectivity index (χ0n) is 6.88. The van der Waals surface area contributed by atoms with Crippen molar-refractivity contribution in [2.24, 2.45) is 0 Å². The Kier molecular flexibility index (Phi) is 3.36. The van der Waals surface area contributed by atoms with Crippen molar-refractivity contribution in [1.82, 2.24) is 4.98 Å². The molecule has 1 heterocycles. The molecule has 0 spiro atoms. The molecule has 0 atom stereocenters. The summed E-state index contributed by atoms with van der Waals surface area (Å²) < 4.78 is 17.9. The maximum Gasteiger partial charge on any atom is 0.343 e. The van der Waals surface area contributed by atoms with E-state index in [0.717, 1.165) is 6.07 Å². The number of aromatic nitrogens is 1. The molecule has 0 aliphatic heterocycles. The Balaban J connectivity index is 3.05. The summed E-state index contributed by atoms with van der Waals surface area (Å²) in [7, 11) is 0. The van der Waals surface area contributed by atoms with Gasteiger partial charge < -0.3 is 4.74 Å². The summed E-state index contributed by atoms with van der Waals surface area (Å²) in [6.07, 6.45) is 1.27. The fourth-order valence-electron chi connectivity index (χ4n) is 0.800. The molecule has 0 aliphatic carbocycles. The van der Waals surface area contributed by atoms with E-state index in [0.29, 0.717) is 0 Å². The molecule has 1 aromatic heterocycles. The molecule has 0 aromatic carbocycles. The predicted octanol–water partition coefficient (Wildman–Crippen LogP) is 2.16. The maximum absolute atomic E-state index is 13.1. The lowest BCUT2D eigenvalue weighted by Crippen LogP contribution is -2.08. The van der Waals surface area contributed by atoms with Gasteiger partial charge in [0.1, 0.15) is 16.0 Å². The van der Waals surface area contributed by atoms with E-state index in [-0.39, 0.29) is 16.8 Å². The van der Waals surface area contributed by atoms with Gasteiger partial charge in [0.2, 0.25) is 0 Å². The fourth-order valence-corrected chi connectivity index (χ4v) is 1.27. The molecule has 0 saturated carbocycles. The highest BCUT2D eigenvalue weighted by molar-refractivity contribution is 9.10. The van der Waals surface area contributed by atoms with Crippen LogP contribution < -0.4 is 0 Å². The molecule has 0 saturated heterocycles. The predicted molar refractivity (Wildman–Crippen MR) is 47.9 cm³/mol. The number of esters is 1. The van der Waals surface area contributed by atoms with Gasteiger partial charge in [-0.25, -0.2) is 14.2 Å². The Morgan fingerprint density at radius 1 is 1.77 bits per heavy atom. The lowest BCUT2D eigenvalue weighted by Gasteiger charge is -2.03. The second-order valence-electron chi connectivity index (χ2n) is 2.18. The van der Waals surface area contributed by atoms with Crippen molar-refractivity contribution in [3.8, 4) is 0 Å². The second kappa shape index (κ2) is 4.32. The highest BCUT2D eigenvalue weighted by Gasteiger charge is 2.17. The Hall–Kier alpha value is -0.970. The molecule has 0 bridgehead atoms. The number of hydrogen-bond donors (Lipinski definition) is 0. The van der Waals surface area contributed by atoms with Crippen LogP contribution in [0.3, 0.4) is 0 Å². The van der Waals surface area contributed by atoms with Crippen LogP contribution in [0, 0.1) is 5.82 Å². The van der Waals surface area contributed by atoms with E-state index in [1.54, 1.807) is 6.92 Å². The molecule has 0 unspecified atom stereocenters. The SMILES string of the molecule is CCOC(=O)c1c(F)ccnc1Br. The molecule has 0 N–H and O–H groups in total. The minimum absolute atomic E-state index is 0.158. The van der Waals surface area contributed by atoms with Crippen molar-refractivity contribution in [1.29, 1.82) is 0 Å². The van der Waals surface area contributed by atoms with Gasteiger partial charge in [-0.1, -0.05) is 0 Å². The largest absolute Gasteiger partial charge is 0.462 e. The molecule has 0 amide bonds. The number of nitrogens with zero attached hydrogens (tertiary/aromatic N) is 1. The smallest absolute Gasteiger partial charge is 0.343 e. The third kappa shape index (κ3) is 2.24. The zero-order chi connectivity index (χ0) is 9.84. The van der Waals surface area contributed by atoms with Crippen LogP contribution >= 0.6 is 15.9 Å². The highest BCUT2D eigenvalue weighted by atomic mass is 79.9. The van der Waals surface area contributed by atoms with Crippen LogP contribution in [-0.2, 0) is 4.74 Å². The van der Waals surface area contributed by atoms with Gasteiger partial charge in [0.25, 0.3) is 0 Å². The fraction of sp³-hybridized carbons (Fsp3) is 0.250. The van der Waals surface area contributed by atoms with Crippen molar-refractivity contribution in [3.63, 3.8) is 0 Å². The third-order valence-corrected chi connectivity index (χ3v) is 1.93. The first-order chi connectivity index (χ1) is 6.16. The Morgan fingerprint density at radius 2 is 2.46 bits per heavy atom. The van der Waals surface area contributed by atoms with Gasteiger partial charge >= 0.3 is 5.97 Å². The average molecular weight is 248 g/mol. The van der Waals surface area contributed by atoms with Gasteiger partial charge in [-0.2, -0.15) is 0 Å². The van der Waals surface area contributed by atoms with E-state index >= 15 is 0 Å². The molecule has 13 heavy (non-hydrogen) atoms. The number of halogens is 2. The number of rotatable bonds is 2. The highest BCUT2D eigenvalue weighted by Crippen LogP contribution is 2.17. The Bertz CT molecular complexity index is 310. The van der Waals surface area contributed by atoms with Crippen LogP contribution in [0.4, 0.5) is 4.39 Å². The first-order valence-electron chi connectivity index (χ1n) is 3.64. The minimum atomic E-state index is -0.708. The lowest BCUT2D eigenvalue weighted by atomic mass is 10.3. The summed E-state index contributed by atoms with van der Waals surface area (Å²) in [6.45, 7) is 1.86. The van der Waals surface area contributed by atoms with Crippen molar-refractivity contribution in [2.75, 3.05) is 6.61 Å². The van der Waals surface area contributed by atoms with Gasteiger partial charge in [-0.3, -0.25) is 0 Å². The summed E-state index contributed by atoms with van der Waals surface area (Å²) in [5, 5.41) is 0. The lowest BCUT2D eigenvalue weighted by molar-refractivity contribution is 0.0519. The molecule has 70 valence electrons. The molecule has 0 fully saturated rings. The van der Waals surface area contributed by atoms with Crippen LogP contribution in [0.1, 0.15) is 17.3 Å². The first kappa shape index (κ1) is 10.1. The normalized spacial score (nSPS) is 9.77. The molecular weight excluding hydrogens is 241 g/mol. The first-order valence-corrected chi connectivity index (χ1v) is 4.43. The topological polar surface area (TPSA) is 39.2 Å². The van der Waals surface area contributed by atoms with Crippen LogP contribution in [0.15, 0.2) is 16.9 Å². The van der Waals surface area contributed by atoms with E-state index in [1.807, 2.05) is 0 Å². The Morgan fingerprint density at radius 3 is 3.00 bits per heavy atom. The zero-order valence-corrected chi connectivity index (χ0v) is 8.47. The third-order valence-electron chi connectivity index (χ3n) is 1.33. The van der Waals surface area contributed by atoms with E-state index in [1.165, 1.54) is 6.20 Å². The van der Waals surface area contributed by atoms with Crippen LogP contribution in [0.2, 0.25) is 0 Å². The number of hydrogen-bond acceptors (Lipinski definition) is 3. The van der Waals surface area contributed by atoms with E-state index in [4.69, 9.17) is 0 Å². The number of carbonyl (C=O) groups excluding carboxylic acids is 1. The van der Waals surface area contributed by atoms with Gasteiger partial charge in [-0.05, 0) is 28.9 Å². The molecule has 1 aromatic rings. The summed E-state index contributed by atoms with van der Waals surface area (Å²) in [5.41, 5.74) is -0.163. The molecule has 3 nitrogen and oxygen atoms in total. The number of carbonyl (C=O) groups is 1. The Labute approximate surface area is 83.1 Å². The van der Waals surface area contributed by atoms with Crippen molar-refractivity contribution >= 4 is 21.9 Å². The van der Waals surface area contributed by atoms with E-state index in [2.05, 4.69) is 25.7 Å². The quantitative estimate of drug-likeness (QED) is 0.594. The molecule has 1 rings (SSSR count). The molecule has 0 aliphatic rings. The molecule has 5 heteroatoms. The average Bonchev–Trinajstić information content (AvgIpc) is 2.04. The van der Waals surface area contributed by atoms with Gasteiger partial charge in [-0.15, -0.1) is 0 Å². The minimum Gasteiger partial charge on any atom is -0.462 e. The van der Waals surface area contributed by atoms with Gasteiger partial charge in [0, 0.05) is 6.20 Å². The van der Waals surface area contributed by atoms with Gasteiger partial charge in [0.15, 0.2) is 0 Å². The summed E-state index contributed by atoms with van der Waals surface area (Å²) in [5.74, 6) is -1.35. The molecule has 0 radical (unpaired) electrons. The second-order valence-corrected chi connectivity index (χ2v) is 2.93. The summed E-state index contributed by atoms with van der Waals surface area (Å²) in [6, 6.07) is 1.11. The van der Waals surface area contributed by atoms with Crippen molar-refractivity contribution in [2.45, 2.75) is 6.92 Å². The maximum atomic E-state index is 13.1. The van der Waals surface area contributed by atoms with Crippen LogP contribution in [0.5, 0.6) is 0 Å².